The van der Waals surface area contributed by atoms with Crippen LogP contribution in [0.3, 0.4) is 0 Å². The second-order valence-corrected chi connectivity index (χ2v) is 6.75. The second kappa shape index (κ2) is 9.98. The van der Waals surface area contributed by atoms with Crippen LogP contribution in [0.4, 0.5) is 5.69 Å². The molecule has 7 nitrogen and oxygen atoms in total. The number of para-hydroxylation sites is 1. The lowest BCUT2D eigenvalue weighted by atomic mass is 10.1. The summed E-state index contributed by atoms with van der Waals surface area (Å²) in [6, 6.07) is 20.6. The predicted molar refractivity (Wildman–Crippen MR) is 118 cm³/mol. The maximum atomic E-state index is 12.3. The van der Waals surface area contributed by atoms with Gasteiger partial charge in [0.25, 0.3) is 0 Å². The molecule has 3 aromatic carbocycles. The van der Waals surface area contributed by atoms with Crippen LogP contribution in [0, 0.1) is 13.8 Å². The number of hydrazone groups is 1. The fourth-order valence-corrected chi connectivity index (χ4v) is 2.63. The Balaban J connectivity index is 1.61. The van der Waals surface area contributed by atoms with E-state index in [4.69, 9.17) is 4.74 Å². The van der Waals surface area contributed by atoms with Crippen LogP contribution in [-0.4, -0.2) is 24.0 Å². The van der Waals surface area contributed by atoms with Crippen molar-refractivity contribution in [3.63, 3.8) is 0 Å². The maximum Gasteiger partial charge on any atom is 0.343 e. The highest BCUT2D eigenvalue weighted by atomic mass is 16.5. The van der Waals surface area contributed by atoms with Gasteiger partial charge < -0.3 is 10.1 Å². The molecule has 31 heavy (non-hydrogen) atoms. The number of aryl methyl sites for hydroxylation is 2. The van der Waals surface area contributed by atoms with Gasteiger partial charge in [0.15, 0.2) is 0 Å². The van der Waals surface area contributed by atoms with Crippen molar-refractivity contribution in [3.05, 3.63) is 95.1 Å². The third kappa shape index (κ3) is 5.86. The van der Waals surface area contributed by atoms with Gasteiger partial charge in [-0.3, -0.25) is 9.59 Å². The molecule has 0 aliphatic heterocycles. The lowest BCUT2D eigenvalue weighted by molar-refractivity contribution is -0.136. The Morgan fingerprint density at radius 3 is 2.29 bits per heavy atom. The second-order valence-electron chi connectivity index (χ2n) is 6.75. The van der Waals surface area contributed by atoms with E-state index in [1.54, 1.807) is 66.7 Å². The van der Waals surface area contributed by atoms with E-state index in [2.05, 4.69) is 15.8 Å². The summed E-state index contributed by atoms with van der Waals surface area (Å²) < 4.78 is 5.41. The van der Waals surface area contributed by atoms with Crippen LogP contribution in [0.1, 0.15) is 27.0 Å². The lowest BCUT2D eigenvalue weighted by Gasteiger charge is -2.08. The highest BCUT2D eigenvalue weighted by Gasteiger charge is 2.14. The van der Waals surface area contributed by atoms with Gasteiger partial charge in [0, 0.05) is 11.3 Å². The van der Waals surface area contributed by atoms with E-state index in [-0.39, 0.29) is 5.75 Å². The fourth-order valence-electron chi connectivity index (χ4n) is 2.63. The summed E-state index contributed by atoms with van der Waals surface area (Å²) >= 11 is 0. The molecule has 3 aromatic rings. The van der Waals surface area contributed by atoms with Crippen molar-refractivity contribution < 1.29 is 19.1 Å². The van der Waals surface area contributed by atoms with Gasteiger partial charge in [0.2, 0.25) is 0 Å². The Morgan fingerprint density at radius 2 is 1.55 bits per heavy atom. The van der Waals surface area contributed by atoms with Crippen LogP contribution in [-0.2, 0) is 9.59 Å². The van der Waals surface area contributed by atoms with E-state index >= 15 is 0 Å². The molecule has 0 aliphatic carbocycles. The molecule has 2 amide bonds. The molecule has 0 saturated heterocycles. The molecule has 0 saturated carbocycles. The molecule has 0 radical (unpaired) electrons. The number of esters is 1. The van der Waals surface area contributed by atoms with Gasteiger partial charge in [0.1, 0.15) is 5.75 Å². The zero-order chi connectivity index (χ0) is 22.2. The minimum absolute atomic E-state index is 0.272. The van der Waals surface area contributed by atoms with Crippen LogP contribution in [0.2, 0.25) is 0 Å². The Labute approximate surface area is 179 Å². The minimum atomic E-state index is -0.923. The summed E-state index contributed by atoms with van der Waals surface area (Å²) in [5, 5.41) is 6.32. The summed E-state index contributed by atoms with van der Waals surface area (Å²) in [7, 11) is 0. The average molecular weight is 415 g/mol. The Morgan fingerprint density at radius 1 is 0.839 bits per heavy atom. The normalized spacial score (nSPS) is 10.5. The predicted octanol–water partition coefficient (Wildman–Crippen LogP) is 3.61. The van der Waals surface area contributed by atoms with Crippen molar-refractivity contribution >= 4 is 29.7 Å². The largest absolute Gasteiger partial charge is 0.422 e. The van der Waals surface area contributed by atoms with E-state index in [1.807, 2.05) is 19.9 Å². The van der Waals surface area contributed by atoms with Crippen LogP contribution in [0.5, 0.6) is 5.75 Å². The van der Waals surface area contributed by atoms with E-state index < -0.39 is 17.8 Å². The number of anilines is 1. The summed E-state index contributed by atoms with van der Waals surface area (Å²) in [4.78, 5) is 36.3. The number of nitrogens with one attached hydrogen (secondary N) is 2. The molecule has 0 aromatic heterocycles. The first kappa shape index (κ1) is 21.4. The number of hydrogen-bond acceptors (Lipinski definition) is 5. The standard InChI is InChI=1S/C24H21N3O4/c1-16-12-13-20(14-17(16)2)26-22(28)23(29)27-25-15-19-10-6-7-11-21(19)31-24(30)18-8-4-3-5-9-18/h3-15H,1-2H3,(H,26,28)(H,27,29). The van der Waals surface area contributed by atoms with Crippen molar-refractivity contribution in [3.8, 4) is 5.75 Å². The first-order chi connectivity index (χ1) is 14.9. The highest BCUT2D eigenvalue weighted by molar-refractivity contribution is 6.39. The zero-order valence-corrected chi connectivity index (χ0v) is 17.1. The average Bonchev–Trinajstić information content (AvgIpc) is 2.78. The number of ether oxygens (including phenoxy) is 1. The van der Waals surface area contributed by atoms with Crippen molar-refractivity contribution in [1.82, 2.24) is 5.43 Å². The number of amides is 2. The van der Waals surface area contributed by atoms with Crippen molar-refractivity contribution in [2.75, 3.05) is 5.32 Å². The van der Waals surface area contributed by atoms with Crippen molar-refractivity contribution in [2.45, 2.75) is 13.8 Å². The molecule has 3 rings (SSSR count). The molecule has 0 bridgehead atoms. The van der Waals surface area contributed by atoms with E-state index in [0.29, 0.717) is 16.8 Å². The molecule has 0 aliphatic rings. The minimum Gasteiger partial charge on any atom is -0.422 e. The molecule has 0 fully saturated rings. The molecular weight excluding hydrogens is 394 g/mol. The Hall–Kier alpha value is -4.26. The monoisotopic (exact) mass is 415 g/mol. The SMILES string of the molecule is Cc1ccc(NC(=O)C(=O)NN=Cc2ccccc2OC(=O)c2ccccc2)cc1C. The van der Waals surface area contributed by atoms with E-state index in [1.165, 1.54) is 6.21 Å². The van der Waals surface area contributed by atoms with Crippen LogP contribution in [0.25, 0.3) is 0 Å². The molecule has 0 spiro atoms. The number of hydrogen-bond donors (Lipinski definition) is 2. The molecule has 7 heteroatoms. The maximum absolute atomic E-state index is 12.3. The molecule has 0 heterocycles. The summed E-state index contributed by atoms with van der Waals surface area (Å²) in [6.07, 6.45) is 1.30. The van der Waals surface area contributed by atoms with Gasteiger partial charge in [-0.05, 0) is 61.4 Å². The van der Waals surface area contributed by atoms with Gasteiger partial charge in [-0.25, -0.2) is 10.2 Å². The smallest absolute Gasteiger partial charge is 0.343 e. The lowest BCUT2D eigenvalue weighted by Crippen LogP contribution is -2.32. The van der Waals surface area contributed by atoms with Crippen molar-refractivity contribution in [1.29, 1.82) is 0 Å². The summed E-state index contributed by atoms with van der Waals surface area (Å²) in [6.45, 7) is 3.87. The van der Waals surface area contributed by atoms with Gasteiger partial charge in [-0.1, -0.05) is 36.4 Å². The quantitative estimate of drug-likeness (QED) is 0.219. The molecular formula is C24H21N3O4. The molecule has 0 atom stereocenters. The van der Waals surface area contributed by atoms with Gasteiger partial charge in [-0.15, -0.1) is 0 Å². The van der Waals surface area contributed by atoms with Crippen LogP contribution in [0.15, 0.2) is 77.9 Å². The zero-order valence-electron chi connectivity index (χ0n) is 17.1. The van der Waals surface area contributed by atoms with Gasteiger partial charge in [0.05, 0.1) is 11.8 Å². The summed E-state index contributed by atoms with van der Waals surface area (Å²) in [5.74, 6) is -2.01. The topological polar surface area (TPSA) is 96.9 Å². The van der Waals surface area contributed by atoms with Crippen molar-refractivity contribution in [2.24, 2.45) is 5.10 Å². The Kier molecular flexibility index (Phi) is 6.90. The molecule has 0 unspecified atom stereocenters. The van der Waals surface area contributed by atoms with Crippen LogP contribution < -0.4 is 15.5 Å². The van der Waals surface area contributed by atoms with Crippen LogP contribution >= 0.6 is 0 Å². The number of carbonyl (C=O) groups excluding carboxylic acids is 3. The third-order valence-electron chi connectivity index (χ3n) is 4.47. The number of rotatable bonds is 5. The van der Waals surface area contributed by atoms with Gasteiger partial charge in [-0.2, -0.15) is 5.10 Å². The number of carbonyl (C=O) groups is 3. The number of nitrogens with zero attached hydrogens (tertiary/aromatic N) is 1. The Bertz CT molecular complexity index is 1140. The number of benzene rings is 3. The van der Waals surface area contributed by atoms with E-state index in [9.17, 15) is 14.4 Å². The first-order valence-electron chi connectivity index (χ1n) is 9.52. The fraction of sp³-hybridized carbons (Fsp3) is 0.0833. The first-order valence-corrected chi connectivity index (χ1v) is 9.52. The molecule has 2 N–H and O–H groups in total. The third-order valence-corrected chi connectivity index (χ3v) is 4.47. The van der Waals surface area contributed by atoms with Gasteiger partial charge >= 0.3 is 17.8 Å². The van der Waals surface area contributed by atoms with E-state index in [0.717, 1.165) is 11.1 Å². The highest BCUT2D eigenvalue weighted by Crippen LogP contribution is 2.18. The molecule has 156 valence electrons. The summed E-state index contributed by atoms with van der Waals surface area (Å²) in [5.41, 5.74) is 5.63.